The van der Waals surface area contributed by atoms with Crippen LogP contribution in [-0.2, 0) is 36.9 Å². The number of carbonyl (C=O) groups is 4. The lowest BCUT2D eigenvalue weighted by atomic mass is 9.95. The van der Waals surface area contributed by atoms with Gasteiger partial charge in [0.1, 0.15) is 24.3 Å². The van der Waals surface area contributed by atoms with Crippen molar-refractivity contribution in [1.29, 1.82) is 0 Å². The van der Waals surface area contributed by atoms with Crippen molar-refractivity contribution in [2.45, 2.75) is 104 Å². The zero-order valence-corrected chi connectivity index (χ0v) is 27.0. The van der Waals surface area contributed by atoms with E-state index in [0.717, 1.165) is 11.1 Å². The molecular formula is C34H49N3O7. The highest BCUT2D eigenvalue weighted by Gasteiger charge is 2.33. The van der Waals surface area contributed by atoms with Crippen LogP contribution < -0.4 is 16.0 Å². The number of aliphatic hydroxyl groups is 1. The summed E-state index contributed by atoms with van der Waals surface area (Å²) in [5.74, 6) is -2.21. The molecule has 0 fully saturated rings. The highest BCUT2D eigenvalue weighted by Crippen LogP contribution is 2.15. The Hall–Kier alpha value is -3.92. The van der Waals surface area contributed by atoms with Gasteiger partial charge in [0.2, 0.25) is 11.8 Å². The van der Waals surface area contributed by atoms with E-state index < -0.39 is 53.7 Å². The van der Waals surface area contributed by atoms with Crippen LogP contribution in [-0.4, -0.2) is 58.8 Å². The van der Waals surface area contributed by atoms with Crippen LogP contribution >= 0.6 is 0 Å². The summed E-state index contributed by atoms with van der Waals surface area (Å²) in [5, 5.41) is 19.3. The second-order valence-electron chi connectivity index (χ2n) is 12.5. The standard InChI is InChI=1S/C34H49N3O7/c1-8-23(4)30(31(40)37-29(22(2)3)32(41)43-21-25-17-13-10-14-18-25)36-28(39)20-27(38)26(19-24-15-11-9-12-16-24)35-33(42)44-34(5,6)7/h9-18,22-23,26-27,29-30,38H,8,19-21H2,1-7H3,(H,35,42)(H,36,39)(H,37,40). The Balaban J connectivity index is 2.11. The molecule has 0 aromatic heterocycles. The van der Waals surface area contributed by atoms with E-state index in [0.29, 0.717) is 6.42 Å². The van der Waals surface area contributed by atoms with Crippen LogP contribution in [0.3, 0.4) is 0 Å². The maximum absolute atomic E-state index is 13.4. The van der Waals surface area contributed by atoms with Gasteiger partial charge in [-0.1, -0.05) is 94.8 Å². The summed E-state index contributed by atoms with van der Waals surface area (Å²) in [7, 11) is 0. The minimum atomic E-state index is -1.28. The van der Waals surface area contributed by atoms with Gasteiger partial charge in [-0.3, -0.25) is 9.59 Å². The number of hydrogen-bond donors (Lipinski definition) is 4. The fourth-order valence-corrected chi connectivity index (χ4v) is 4.44. The molecule has 3 amide bonds. The zero-order chi connectivity index (χ0) is 32.9. The van der Waals surface area contributed by atoms with Crippen molar-refractivity contribution >= 4 is 23.9 Å². The van der Waals surface area contributed by atoms with Gasteiger partial charge >= 0.3 is 12.1 Å². The Morgan fingerprint density at radius 2 is 1.39 bits per heavy atom. The lowest BCUT2D eigenvalue weighted by molar-refractivity contribution is -0.150. The number of carbonyl (C=O) groups excluding carboxylic acids is 4. The average Bonchev–Trinajstić information content (AvgIpc) is 2.96. The predicted octanol–water partition coefficient (Wildman–Crippen LogP) is 4.29. The molecule has 242 valence electrons. The topological polar surface area (TPSA) is 143 Å². The molecule has 10 heteroatoms. The van der Waals surface area contributed by atoms with Crippen molar-refractivity contribution in [1.82, 2.24) is 16.0 Å². The molecule has 10 nitrogen and oxygen atoms in total. The van der Waals surface area contributed by atoms with E-state index in [1.807, 2.05) is 74.5 Å². The number of benzene rings is 2. The Kier molecular flexibility index (Phi) is 14.3. The number of alkyl carbamates (subject to hydrolysis) is 1. The van der Waals surface area contributed by atoms with Crippen LogP contribution in [0.4, 0.5) is 4.79 Å². The van der Waals surface area contributed by atoms with Gasteiger partial charge in [0.15, 0.2) is 0 Å². The Morgan fingerprint density at radius 3 is 1.91 bits per heavy atom. The molecule has 0 aliphatic carbocycles. The van der Waals surface area contributed by atoms with E-state index in [9.17, 15) is 24.3 Å². The molecule has 2 rings (SSSR count). The number of aliphatic hydroxyl groups excluding tert-OH is 1. The van der Waals surface area contributed by atoms with Crippen LogP contribution in [0.1, 0.15) is 72.4 Å². The summed E-state index contributed by atoms with van der Waals surface area (Å²) in [6.07, 6.45) is -1.54. The van der Waals surface area contributed by atoms with Gasteiger partial charge in [0.25, 0.3) is 0 Å². The molecule has 5 atom stereocenters. The summed E-state index contributed by atoms with van der Waals surface area (Å²) in [6, 6.07) is 15.8. The number of ether oxygens (including phenoxy) is 2. The monoisotopic (exact) mass is 611 g/mol. The normalized spacial score (nSPS) is 14.8. The van der Waals surface area contributed by atoms with Gasteiger partial charge in [0, 0.05) is 0 Å². The molecule has 0 aliphatic rings. The van der Waals surface area contributed by atoms with Crippen molar-refractivity contribution in [2.75, 3.05) is 0 Å². The van der Waals surface area contributed by atoms with Crippen LogP contribution in [0.15, 0.2) is 60.7 Å². The van der Waals surface area contributed by atoms with Gasteiger partial charge < -0.3 is 30.5 Å². The van der Waals surface area contributed by atoms with Gasteiger partial charge in [-0.2, -0.15) is 0 Å². The van der Waals surface area contributed by atoms with E-state index in [1.54, 1.807) is 34.6 Å². The third-order valence-electron chi connectivity index (χ3n) is 7.11. The molecule has 5 unspecified atom stereocenters. The molecule has 0 radical (unpaired) electrons. The molecule has 2 aromatic rings. The number of rotatable bonds is 15. The quantitative estimate of drug-likeness (QED) is 0.220. The molecule has 0 aliphatic heterocycles. The second-order valence-corrected chi connectivity index (χ2v) is 12.5. The van der Waals surface area contributed by atoms with Gasteiger partial charge in [-0.15, -0.1) is 0 Å². The molecular weight excluding hydrogens is 562 g/mol. The lowest BCUT2D eigenvalue weighted by Gasteiger charge is -2.29. The van der Waals surface area contributed by atoms with E-state index in [4.69, 9.17) is 9.47 Å². The zero-order valence-electron chi connectivity index (χ0n) is 27.0. The largest absolute Gasteiger partial charge is 0.459 e. The summed E-state index contributed by atoms with van der Waals surface area (Å²) in [6.45, 7) is 12.6. The Morgan fingerprint density at radius 1 is 0.818 bits per heavy atom. The van der Waals surface area contributed by atoms with E-state index in [1.165, 1.54) is 0 Å². The number of nitrogens with one attached hydrogen (secondary N) is 3. The lowest BCUT2D eigenvalue weighted by Crippen LogP contribution is -2.56. The molecule has 44 heavy (non-hydrogen) atoms. The second kappa shape index (κ2) is 17.4. The van der Waals surface area contributed by atoms with E-state index >= 15 is 0 Å². The molecule has 2 aromatic carbocycles. The number of amides is 3. The minimum Gasteiger partial charge on any atom is -0.459 e. The first-order valence-electron chi connectivity index (χ1n) is 15.2. The third-order valence-corrected chi connectivity index (χ3v) is 7.11. The first-order chi connectivity index (χ1) is 20.7. The Labute approximate surface area is 261 Å². The smallest absolute Gasteiger partial charge is 0.407 e. The van der Waals surface area contributed by atoms with E-state index in [-0.39, 0.29) is 31.3 Å². The first kappa shape index (κ1) is 36.3. The van der Waals surface area contributed by atoms with Gasteiger partial charge in [-0.05, 0) is 50.2 Å². The average molecular weight is 612 g/mol. The van der Waals surface area contributed by atoms with Crippen LogP contribution in [0.5, 0.6) is 0 Å². The fraction of sp³-hybridized carbons (Fsp3) is 0.529. The number of hydrogen-bond acceptors (Lipinski definition) is 7. The summed E-state index contributed by atoms with van der Waals surface area (Å²) < 4.78 is 10.8. The van der Waals surface area contributed by atoms with Crippen molar-refractivity contribution in [2.24, 2.45) is 11.8 Å². The van der Waals surface area contributed by atoms with Crippen LogP contribution in [0, 0.1) is 11.8 Å². The van der Waals surface area contributed by atoms with E-state index in [2.05, 4.69) is 16.0 Å². The van der Waals surface area contributed by atoms with Crippen LogP contribution in [0.2, 0.25) is 0 Å². The maximum Gasteiger partial charge on any atom is 0.407 e. The first-order valence-corrected chi connectivity index (χ1v) is 15.2. The third kappa shape index (κ3) is 12.8. The SMILES string of the molecule is CCC(C)C(NC(=O)CC(O)C(Cc1ccccc1)NC(=O)OC(C)(C)C)C(=O)NC(C(=O)OCc1ccccc1)C(C)C. The Bertz CT molecular complexity index is 1200. The fourth-order valence-electron chi connectivity index (χ4n) is 4.44. The molecule has 4 N–H and O–H groups in total. The highest BCUT2D eigenvalue weighted by atomic mass is 16.6. The van der Waals surface area contributed by atoms with Crippen molar-refractivity contribution in [3.8, 4) is 0 Å². The summed E-state index contributed by atoms with van der Waals surface area (Å²) in [4.78, 5) is 52.1. The highest BCUT2D eigenvalue weighted by molar-refractivity contribution is 5.91. The van der Waals surface area contributed by atoms with Crippen molar-refractivity contribution in [3.63, 3.8) is 0 Å². The molecule has 0 saturated heterocycles. The number of esters is 1. The molecule has 0 bridgehead atoms. The molecule has 0 heterocycles. The predicted molar refractivity (Wildman–Crippen MR) is 168 cm³/mol. The summed E-state index contributed by atoms with van der Waals surface area (Å²) >= 11 is 0. The summed E-state index contributed by atoms with van der Waals surface area (Å²) in [5.41, 5.74) is 0.927. The maximum atomic E-state index is 13.4. The molecule has 0 saturated carbocycles. The van der Waals surface area contributed by atoms with Crippen molar-refractivity contribution < 1.29 is 33.8 Å². The van der Waals surface area contributed by atoms with Crippen molar-refractivity contribution in [3.05, 3.63) is 71.8 Å². The van der Waals surface area contributed by atoms with Gasteiger partial charge in [0.05, 0.1) is 18.6 Å². The molecule has 0 spiro atoms. The van der Waals surface area contributed by atoms with Crippen LogP contribution in [0.25, 0.3) is 0 Å². The minimum absolute atomic E-state index is 0.0731. The van der Waals surface area contributed by atoms with Gasteiger partial charge in [-0.25, -0.2) is 9.59 Å².